The van der Waals surface area contributed by atoms with Crippen LogP contribution in [0.4, 0.5) is 4.79 Å². The Kier molecular flexibility index (Phi) is 4.22. The summed E-state index contributed by atoms with van der Waals surface area (Å²) < 4.78 is 0. The molecule has 2 amide bonds. The minimum atomic E-state index is -0.890. The Balaban J connectivity index is 1.94. The zero-order valence-electron chi connectivity index (χ0n) is 13.6. The Morgan fingerprint density at radius 1 is 1.14 bits per heavy atom. The summed E-state index contributed by atoms with van der Waals surface area (Å²) in [4.78, 5) is 25.2. The fraction of sp³-hybridized carbons (Fsp3) is 0.875. The van der Waals surface area contributed by atoms with E-state index in [0.29, 0.717) is 25.4 Å². The Morgan fingerprint density at radius 2 is 1.76 bits per heavy atom. The summed E-state index contributed by atoms with van der Waals surface area (Å²) >= 11 is 0. The van der Waals surface area contributed by atoms with Crippen LogP contribution < -0.4 is 5.32 Å². The summed E-state index contributed by atoms with van der Waals surface area (Å²) in [5, 5.41) is 12.3. The predicted octanol–water partition coefficient (Wildman–Crippen LogP) is 2.71. The Morgan fingerprint density at radius 3 is 2.29 bits per heavy atom. The first-order chi connectivity index (χ1) is 9.69. The molecule has 0 radical (unpaired) electrons. The quantitative estimate of drug-likeness (QED) is 0.841. The van der Waals surface area contributed by atoms with E-state index in [9.17, 15) is 14.7 Å². The van der Waals surface area contributed by atoms with Crippen molar-refractivity contribution in [1.29, 1.82) is 0 Å². The van der Waals surface area contributed by atoms with Crippen molar-refractivity contribution < 1.29 is 14.7 Å². The number of rotatable bonds is 3. The summed E-state index contributed by atoms with van der Waals surface area (Å²) in [6, 6.07) is -0.893. The van der Waals surface area contributed by atoms with Gasteiger partial charge in [-0.15, -0.1) is 0 Å². The summed E-state index contributed by atoms with van der Waals surface area (Å²) in [6.45, 7) is 10.0. The van der Waals surface area contributed by atoms with Crippen LogP contribution in [0.3, 0.4) is 0 Å². The molecule has 0 aromatic rings. The summed E-state index contributed by atoms with van der Waals surface area (Å²) in [5.41, 5.74) is 0.455. The molecule has 1 saturated carbocycles. The van der Waals surface area contributed by atoms with Crippen molar-refractivity contribution in [3.8, 4) is 0 Å². The standard InChI is InChI=1S/C16H28N2O3/c1-15(2)12(16(15,3)4)10-17-14(21)18-9-7-5-6-8-11(18)13(19)20/h11-12H,5-10H2,1-4H3,(H,17,21)(H,19,20). The van der Waals surface area contributed by atoms with E-state index in [1.807, 2.05) is 0 Å². The third-order valence-corrected chi connectivity index (χ3v) is 6.08. The van der Waals surface area contributed by atoms with E-state index in [1.165, 1.54) is 4.90 Å². The lowest BCUT2D eigenvalue weighted by molar-refractivity contribution is -0.142. The van der Waals surface area contributed by atoms with Gasteiger partial charge in [0.1, 0.15) is 6.04 Å². The number of amides is 2. The number of carboxylic acid groups (broad SMARTS) is 1. The van der Waals surface area contributed by atoms with Crippen LogP contribution in [0.25, 0.3) is 0 Å². The van der Waals surface area contributed by atoms with E-state index in [0.717, 1.165) is 19.3 Å². The van der Waals surface area contributed by atoms with Crippen LogP contribution in [-0.2, 0) is 4.79 Å². The molecular weight excluding hydrogens is 268 g/mol. The van der Waals surface area contributed by atoms with Crippen LogP contribution in [0, 0.1) is 16.7 Å². The predicted molar refractivity (Wildman–Crippen MR) is 81.0 cm³/mol. The molecular formula is C16H28N2O3. The Labute approximate surface area is 127 Å². The molecule has 2 rings (SSSR count). The van der Waals surface area contributed by atoms with Gasteiger partial charge in [-0.2, -0.15) is 0 Å². The lowest BCUT2D eigenvalue weighted by Gasteiger charge is -2.27. The van der Waals surface area contributed by atoms with Crippen molar-refractivity contribution in [1.82, 2.24) is 10.2 Å². The molecule has 0 aromatic heterocycles. The van der Waals surface area contributed by atoms with Crippen molar-refractivity contribution in [2.75, 3.05) is 13.1 Å². The normalized spacial score (nSPS) is 27.8. The first-order valence-corrected chi connectivity index (χ1v) is 7.97. The highest BCUT2D eigenvalue weighted by atomic mass is 16.4. The molecule has 2 N–H and O–H groups in total. The van der Waals surface area contributed by atoms with Gasteiger partial charge in [-0.1, -0.05) is 40.5 Å². The molecule has 2 fully saturated rings. The van der Waals surface area contributed by atoms with Crippen molar-refractivity contribution in [2.24, 2.45) is 16.7 Å². The SMILES string of the molecule is CC1(C)C(CNC(=O)N2CCCCCC2C(=O)O)C1(C)C. The van der Waals surface area contributed by atoms with Crippen LogP contribution in [0.2, 0.25) is 0 Å². The fourth-order valence-electron chi connectivity index (χ4n) is 3.74. The van der Waals surface area contributed by atoms with E-state index in [2.05, 4.69) is 33.0 Å². The monoisotopic (exact) mass is 296 g/mol. The largest absolute Gasteiger partial charge is 0.480 e. The van der Waals surface area contributed by atoms with E-state index in [1.54, 1.807) is 0 Å². The van der Waals surface area contributed by atoms with Gasteiger partial charge in [0.15, 0.2) is 0 Å². The molecule has 1 aliphatic heterocycles. The number of likely N-dealkylation sites (tertiary alicyclic amines) is 1. The summed E-state index contributed by atoms with van der Waals surface area (Å²) in [5.74, 6) is -0.441. The van der Waals surface area contributed by atoms with Gasteiger partial charge in [0.2, 0.25) is 0 Å². The van der Waals surface area contributed by atoms with Crippen molar-refractivity contribution in [3.63, 3.8) is 0 Å². The van der Waals surface area contributed by atoms with E-state index in [-0.39, 0.29) is 16.9 Å². The molecule has 1 heterocycles. The topological polar surface area (TPSA) is 69.6 Å². The molecule has 1 unspecified atom stereocenters. The molecule has 0 spiro atoms. The maximum atomic E-state index is 12.4. The lowest BCUT2D eigenvalue weighted by Crippen LogP contribution is -2.49. The lowest BCUT2D eigenvalue weighted by atomic mass is 10.0. The fourth-order valence-corrected chi connectivity index (χ4v) is 3.74. The van der Waals surface area contributed by atoms with Gasteiger partial charge in [0.05, 0.1) is 0 Å². The van der Waals surface area contributed by atoms with Gasteiger partial charge < -0.3 is 15.3 Å². The average molecular weight is 296 g/mol. The number of nitrogens with one attached hydrogen (secondary N) is 1. The summed E-state index contributed by atoms with van der Waals surface area (Å²) in [6.07, 6.45) is 3.32. The number of carbonyl (C=O) groups is 2. The van der Waals surface area contributed by atoms with Gasteiger partial charge in [-0.05, 0) is 29.6 Å². The van der Waals surface area contributed by atoms with Crippen LogP contribution in [0.15, 0.2) is 0 Å². The molecule has 0 bridgehead atoms. The zero-order chi connectivity index (χ0) is 15.8. The second-order valence-electron chi connectivity index (χ2n) is 7.58. The number of aliphatic carboxylic acids is 1. The molecule has 21 heavy (non-hydrogen) atoms. The third-order valence-electron chi connectivity index (χ3n) is 6.08. The van der Waals surface area contributed by atoms with Gasteiger partial charge >= 0.3 is 12.0 Å². The molecule has 0 aromatic carbocycles. The smallest absolute Gasteiger partial charge is 0.326 e. The highest BCUT2D eigenvalue weighted by Crippen LogP contribution is 2.67. The van der Waals surface area contributed by atoms with E-state index >= 15 is 0 Å². The molecule has 120 valence electrons. The molecule has 2 aliphatic rings. The molecule has 5 heteroatoms. The van der Waals surface area contributed by atoms with E-state index in [4.69, 9.17) is 0 Å². The first-order valence-electron chi connectivity index (χ1n) is 7.97. The minimum Gasteiger partial charge on any atom is -0.480 e. The molecule has 1 saturated heterocycles. The maximum absolute atomic E-state index is 12.4. The molecule has 5 nitrogen and oxygen atoms in total. The van der Waals surface area contributed by atoms with E-state index < -0.39 is 12.0 Å². The van der Waals surface area contributed by atoms with Crippen LogP contribution in [0.5, 0.6) is 0 Å². The van der Waals surface area contributed by atoms with Gasteiger partial charge in [-0.3, -0.25) is 0 Å². The van der Waals surface area contributed by atoms with Crippen molar-refractivity contribution in [2.45, 2.75) is 59.4 Å². The van der Waals surface area contributed by atoms with Crippen LogP contribution in [-0.4, -0.2) is 41.1 Å². The average Bonchev–Trinajstić information content (AvgIpc) is 2.91. The Hall–Kier alpha value is -1.26. The zero-order valence-corrected chi connectivity index (χ0v) is 13.6. The van der Waals surface area contributed by atoms with Crippen LogP contribution >= 0.6 is 0 Å². The summed E-state index contributed by atoms with van der Waals surface area (Å²) in [7, 11) is 0. The van der Waals surface area contributed by atoms with Gasteiger partial charge in [0.25, 0.3) is 0 Å². The maximum Gasteiger partial charge on any atom is 0.326 e. The number of nitrogens with zero attached hydrogens (tertiary/aromatic N) is 1. The number of carboxylic acids is 1. The van der Waals surface area contributed by atoms with Gasteiger partial charge in [0, 0.05) is 13.1 Å². The Bertz CT molecular complexity index is 417. The molecule has 1 aliphatic carbocycles. The third kappa shape index (κ3) is 2.87. The number of carbonyl (C=O) groups excluding carboxylic acids is 1. The highest BCUT2D eigenvalue weighted by molar-refractivity contribution is 5.82. The van der Waals surface area contributed by atoms with Crippen molar-refractivity contribution in [3.05, 3.63) is 0 Å². The number of urea groups is 1. The second-order valence-corrected chi connectivity index (χ2v) is 7.58. The number of hydrogen-bond donors (Lipinski definition) is 2. The molecule has 1 atom stereocenters. The van der Waals surface area contributed by atoms with Gasteiger partial charge in [-0.25, -0.2) is 9.59 Å². The number of hydrogen-bond acceptors (Lipinski definition) is 2. The first kappa shape index (κ1) is 16.1. The van der Waals surface area contributed by atoms with Crippen LogP contribution in [0.1, 0.15) is 53.4 Å². The minimum absolute atomic E-state index is 0.220. The van der Waals surface area contributed by atoms with Crippen molar-refractivity contribution >= 4 is 12.0 Å². The second kappa shape index (κ2) is 5.50. The highest BCUT2D eigenvalue weighted by Gasteiger charge is 2.64.